The highest BCUT2D eigenvalue weighted by Gasteiger charge is 2.01. The normalized spacial score (nSPS) is 10.3. The molecule has 0 aliphatic heterocycles. The van der Waals surface area contributed by atoms with E-state index >= 15 is 0 Å². The average Bonchev–Trinajstić information content (AvgIpc) is 2.52. The van der Waals surface area contributed by atoms with Crippen molar-refractivity contribution in [1.82, 2.24) is 9.97 Å². The second-order valence-electron chi connectivity index (χ2n) is 2.90. The van der Waals surface area contributed by atoms with Crippen molar-refractivity contribution < 1.29 is 4.39 Å². The Labute approximate surface area is 75.4 Å². The molecule has 66 valence electrons. The van der Waals surface area contributed by atoms with Crippen LogP contribution in [0.5, 0.6) is 0 Å². The number of benzene rings is 1. The monoisotopic (exact) mass is 176 g/mol. The van der Waals surface area contributed by atoms with E-state index in [0.717, 1.165) is 11.3 Å². The third kappa shape index (κ3) is 1.59. The molecule has 0 atom stereocenters. The van der Waals surface area contributed by atoms with Gasteiger partial charge in [-0.25, -0.2) is 9.37 Å². The first-order chi connectivity index (χ1) is 6.25. The summed E-state index contributed by atoms with van der Waals surface area (Å²) < 4.78 is 12.8. The fourth-order valence-corrected chi connectivity index (χ4v) is 1.20. The second kappa shape index (κ2) is 3.01. The second-order valence-corrected chi connectivity index (χ2v) is 2.90. The molecule has 1 heterocycles. The lowest BCUT2D eigenvalue weighted by Gasteiger charge is -1.95. The molecule has 0 saturated heterocycles. The number of aromatic amines is 1. The molecule has 1 aromatic carbocycles. The van der Waals surface area contributed by atoms with Crippen LogP contribution in [0.4, 0.5) is 4.39 Å². The summed E-state index contributed by atoms with van der Waals surface area (Å²) in [6, 6.07) is 6.36. The van der Waals surface area contributed by atoms with E-state index in [4.69, 9.17) is 0 Å². The molecule has 0 bridgehead atoms. The van der Waals surface area contributed by atoms with Crippen molar-refractivity contribution in [1.29, 1.82) is 0 Å². The van der Waals surface area contributed by atoms with Gasteiger partial charge in [-0.2, -0.15) is 0 Å². The summed E-state index contributed by atoms with van der Waals surface area (Å²) in [7, 11) is 0. The van der Waals surface area contributed by atoms with Crippen molar-refractivity contribution in [2.45, 2.75) is 6.92 Å². The van der Waals surface area contributed by atoms with E-state index in [1.165, 1.54) is 12.1 Å². The smallest absolute Gasteiger partial charge is 0.137 e. The molecule has 2 rings (SSSR count). The molecule has 0 aliphatic carbocycles. The van der Waals surface area contributed by atoms with E-state index in [0.29, 0.717) is 5.82 Å². The van der Waals surface area contributed by atoms with Gasteiger partial charge in [0, 0.05) is 11.8 Å². The molecule has 13 heavy (non-hydrogen) atoms. The number of halogens is 1. The first-order valence-electron chi connectivity index (χ1n) is 4.03. The van der Waals surface area contributed by atoms with E-state index in [2.05, 4.69) is 9.97 Å². The number of aromatic nitrogens is 2. The van der Waals surface area contributed by atoms with Crippen LogP contribution < -0.4 is 0 Å². The molecule has 3 heteroatoms. The summed E-state index contributed by atoms with van der Waals surface area (Å²) in [6.45, 7) is 1.89. The summed E-state index contributed by atoms with van der Waals surface area (Å²) in [6.07, 6.45) is 1.79. The lowest BCUT2D eigenvalue weighted by atomic mass is 10.2. The standard InChI is InChI=1S/C10H9FN2/c1-7-6-12-10(13-7)8-3-2-4-9(11)5-8/h2-6H,1H3,(H,12,13). The van der Waals surface area contributed by atoms with Crippen LogP contribution in [0.2, 0.25) is 0 Å². The Bertz CT molecular complexity index is 420. The van der Waals surface area contributed by atoms with Crippen LogP contribution >= 0.6 is 0 Å². The minimum Gasteiger partial charge on any atom is -0.344 e. The first kappa shape index (κ1) is 7.98. The maximum atomic E-state index is 12.8. The highest BCUT2D eigenvalue weighted by molar-refractivity contribution is 5.54. The predicted octanol–water partition coefficient (Wildman–Crippen LogP) is 2.52. The van der Waals surface area contributed by atoms with Gasteiger partial charge in [0.05, 0.1) is 5.69 Å². The molecule has 0 amide bonds. The van der Waals surface area contributed by atoms with Crippen LogP contribution in [-0.4, -0.2) is 9.97 Å². The van der Waals surface area contributed by atoms with Crippen molar-refractivity contribution in [2.75, 3.05) is 0 Å². The van der Waals surface area contributed by atoms with Gasteiger partial charge in [-0.1, -0.05) is 12.1 Å². The van der Waals surface area contributed by atoms with Crippen molar-refractivity contribution in [3.8, 4) is 11.4 Å². The average molecular weight is 176 g/mol. The number of imidazole rings is 1. The largest absolute Gasteiger partial charge is 0.344 e. The van der Waals surface area contributed by atoms with Crippen LogP contribution in [-0.2, 0) is 0 Å². The van der Waals surface area contributed by atoms with E-state index in [9.17, 15) is 4.39 Å². The lowest BCUT2D eigenvalue weighted by molar-refractivity contribution is 0.628. The number of aryl methyl sites for hydroxylation is 1. The van der Waals surface area contributed by atoms with Crippen LogP contribution in [0.25, 0.3) is 11.4 Å². The Hall–Kier alpha value is -1.64. The van der Waals surface area contributed by atoms with Gasteiger partial charge in [0.25, 0.3) is 0 Å². The number of hydrogen-bond donors (Lipinski definition) is 1. The molecule has 0 unspecified atom stereocenters. The van der Waals surface area contributed by atoms with Crippen molar-refractivity contribution >= 4 is 0 Å². The number of rotatable bonds is 1. The van der Waals surface area contributed by atoms with Gasteiger partial charge >= 0.3 is 0 Å². The Morgan fingerprint density at radius 2 is 2.23 bits per heavy atom. The maximum absolute atomic E-state index is 12.8. The van der Waals surface area contributed by atoms with Gasteiger partial charge in [0.15, 0.2) is 0 Å². The fraction of sp³-hybridized carbons (Fsp3) is 0.100. The van der Waals surface area contributed by atoms with Crippen molar-refractivity contribution in [3.05, 3.63) is 42.0 Å². The number of nitrogens with one attached hydrogen (secondary N) is 1. The zero-order valence-electron chi connectivity index (χ0n) is 7.21. The molecule has 0 saturated carbocycles. The van der Waals surface area contributed by atoms with Crippen molar-refractivity contribution in [2.24, 2.45) is 0 Å². The van der Waals surface area contributed by atoms with Gasteiger partial charge in [-0.05, 0) is 19.1 Å². The van der Waals surface area contributed by atoms with Crippen LogP contribution in [0.3, 0.4) is 0 Å². The number of nitrogens with zero attached hydrogens (tertiary/aromatic N) is 1. The molecular formula is C10H9FN2. The molecule has 0 fully saturated rings. The SMILES string of the molecule is Cc1c[nH]c(-c2cccc(F)c2)n1. The molecular weight excluding hydrogens is 167 g/mol. The van der Waals surface area contributed by atoms with Crippen LogP contribution in [0.15, 0.2) is 30.5 Å². The van der Waals surface area contributed by atoms with Crippen LogP contribution in [0.1, 0.15) is 5.69 Å². The summed E-state index contributed by atoms with van der Waals surface area (Å²) >= 11 is 0. The predicted molar refractivity (Wildman–Crippen MR) is 48.7 cm³/mol. The molecule has 2 aromatic rings. The van der Waals surface area contributed by atoms with Gasteiger partial charge < -0.3 is 4.98 Å². The maximum Gasteiger partial charge on any atom is 0.137 e. The number of hydrogen-bond acceptors (Lipinski definition) is 1. The van der Waals surface area contributed by atoms with Crippen molar-refractivity contribution in [3.63, 3.8) is 0 Å². The van der Waals surface area contributed by atoms with Gasteiger partial charge in [0.1, 0.15) is 11.6 Å². The zero-order chi connectivity index (χ0) is 9.26. The minimum absolute atomic E-state index is 0.244. The minimum atomic E-state index is -0.244. The lowest BCUT2D eigenvalue weighted by Crippen LogP contribution is -1.81. The van der Waals surface area contributed by atoms with Gasteiger partial charge in [-0.3, -0.25) is 0 Å². The Balaban J connectivity index is 2.46. The highest BCUT2D eigenvalue weighted by Crippen LogP contribution is 2.15. The molecule has 0 aliphatic rings. The summed E-state index contributed by atoms with van der Waals surface area (Å²) in [5, 5.41) is 0. The summed E-state index contributed by atoms with van der Waals surface area (Å²) in [5.74, 6) is 0.462. The highest BCUT2D eigenvalue weighted by atomic mass is 19.1. The fourth-order valence-electron chi connectivity index (χ4n) is 1.20. The Morgan fingerprint density at radius 1 is 1.38 bits per heavy atom. The first-order valence-corrected chi connectivity index (χ1v) is 4.03. The molecule has 2 nitrogen and oxygen atoms in total. The molecule has 0 radical (unpaired) electrons. The van der Waals surface area contributed by atoms with Gasteiger partial charge in [-0.15, -0.1) is 0 Å². The third-order valence-electron chi connectivity index (χ3n) is 1.80. The Morgan fingerprint density at radius 3 is 2.85 bits per heavy atom. The summed E-state index contributed by atoms with van der Waals surface area (Å²) in [4.78, 5) is 7.17. The zero-order valence-corrected chi connectivity index (χ0v) is 7.21. The van der Waals surface area contributed by atoms with E-state index < -0.39 is 0 Å². The van der Waals surface area contributed by atoms with Crippen LogP contribution in [0, 0.1) is 12.7 Å². The van der Waals surface area contributed by atoms with Gasteiger partial charge in [0.2, 0.25) is 0 Å². The quantitative estimate of drug-likeness (QED) is 0.710. The van der Waals surface area contributed by atoms with E-state index in [1.54, 1.807) is 12.3 Å². The molecule has 0 spiro atoms. The summed E-state index contributed by atoms with van der Waals surface area (Å²) in [5.41, 5.74) is 1.67. The van der Waals surface area contributed by atoms with E-state index in [-0.39, 0.29) is 5.82 Å². The number of H-pyrrole nitrogens is 1. The third-order valence-corrected chi connectivity index (χ3v) is 1.80. The Kier molecular flexibility index (Phi) is 1.85. The topological polar surface area (TPSA) is 28.7 Å². The van der Waals surface area contributed by atoms with E-state index in [1.807, 2.05) is 13.0 Å². The molecule has 1 N–H and O–H groups in total. The molecule has 1 aromatic heterocycles.